The Morgan fingerprint density at radius 2 is 2.31 bits per heavy atom. The van der Waals surface area contributed by atoms with Crippen LogP contribution >= 0.6 is 0 Å². The van der Waals surface area contributed by atoms with Gasteiger partial charge in [-0.15, -0.1) is 0 Å². The molecule has 0 heterocycles. The molecule has 2 rings (SSSR count). The minimum atomic E-state index is 0.612. The van der Waals surface area contributed by atoms with Crippen molar-refractivity contribution in [2.45, 2.75) is 32.7 Å². The molecule has 1 aliphatic carbocycles. The fraction of sp³-hybridized carbons (Fsp3) is 0.500. The lowest BCUT2D eigenvalue weighted by Gasteiger charge is -2.11. The van der Waals surface area contributed by atoms with Gasteiger partial charge in [0.1, 0.15) is 0 Å². The first-order chi connectivity index (χ1) is 6.31. The summed E-state index contributed by atoms with van der Waals surface area (Å²) in [5.41, 5.74) is 4.45. The Labute approximate surface area is 80.2 Å². The summed E-state index contributed by atoms with van der Waals surface area (Å²) in [6.07, 6.45) is 2.52. The third-order valence-corrected chi connectivity index (χ3v) is 2.83. The summed E-state index contributed by atoms with van der Waals surface area (Å²) in [4.78, 5) is 0. The van der Waals surface area contributed by atoms with E-state index in [9.17, 15) is 0 Å². The van der Waals surface area contributed by atoms with Gasteiger partial charge in [-0.05, 0) is 37.4 Å². The van der Waals surface area contributed by atoms with E-state index in [-0.39, 0.29) is 0 Å². The van der Waals surface area contributed by atoms with Crippen molar-refractivity contribution in [3.8, 4) is 0 Å². The highest BCUT2D eigenvalue weighted by atomic mass is 14.9. The van der Waals surface area contributed by atoms with Crippen LogP contribution in [0.1, 0.15) is 36.1 Å². The van der Waals surface area contributed by atoms with Gasteiger partial charge in [0.25, 0.3) is 0 Å². The summed E-state index contributed by atoms with van der Waals surface area (Å²) in [6.45, 7) is 5.41. The van der Waals surface area contributed by atoms with E-state index in [4.69, 9.17) is 0 Å². The van der Waals surface area contributed by atoms with Gasteiger partial charge in [0.2, 0.25) is 0 Å². The lowest BCUT2D eigenvalue weighted by atomic mass is 10.1. The van der Waals surface area contributed by atoms with E-state index in [0.717, 1.165) is 6.54 Å². The van der Waals surface area contributed by atoms with Gasteiger partial charge in [0.15, 0.2) is 0 Å². The summed E-state index contributed by atoms with van der Waals surface area (Å²) >= 11 is 0. The standard InChI is InChI=1S/C12H17N/c1-3-13-12-7-5-10-8-9(2)4-6-11(10)12/h4,6,8,12-13H,3,5,7H2,1-2H3. The van der Waals surface area contributed by atoms with Crippen LogP contribution in [0.4, 0.5) is 0 Å². The summed E-state index contributed by atoms with van der Waals surface area (Å²) in [6, 6.07) is 7.44. The van der Waals surface area contributed by atoms with E-state index < -0.39 is 0 Å². The van der Waals surface area contributed by atoms with E-state index in [2.05, 4.69) is 37.4 Å². The van der Waals surface area contributed by atoms with Crippen LogP contribution in [-0.2, 0) is 6.42 Å². The Morgan fingerprint density at radius 1 is 1.46 bits per heavy atom. The molecule has 0 saturated heterocycles. The number of benzene rings is 1. The molecule has 1 aromatic rings. The largest absolute Gasteiger partial charge is 0.310 e. The Morgan fingerprint density at radius 3 is 3.08 bits per heavy atom. The first-order valence-corrected chi connectivity index (χ1v) is 5.14. The summed E-state index contributed by atoms with van der Waals surface area (Å²) in [7, 11) is 0. The van der Waals surface area contributed by atoms with E-state index in [1.807, 2.05) is 0 Å². The van der Waals surface area contributed by atoms with Crippen LogP contribution in [-0.4, -0.2) is 6.54 Å². The van der Waals surface area contributed by atoms with E-state index >= 15 is 0 Å². The normalized spacial score (nSPS) is 20.3. The minimum Gasteiger partial charge on any atom is -0.310 e. The molecule has 0 amide bonds. The van der Waals surface area contributed by atoms with Gasteiger partial charge in [0.05, 0.1) is 0 Å². The number of hydrogen-bond acceptors (Lipinski definition) is 1. The molecule has 0 aromatic heterocycles. The zero-order valence-corrected chi connectivity index (χ0v) is 8.43. The summed E-state index contributed by atoms with van der Waals surface area (Å²) in [5.74, 6) is 0. The highest BCUT2D eigenvalue weighted by molar-refractivity contribution is 5.37. The maximum absolute atomic E-state index is 3.52. The Bertz CT molecular complexity index is 304. The molecular weight excluding hydrogens is 158 g/mol. The fourth-order valence-corrected chi connectivity index (χ4v) is 2.20. The molecule has 1 unspecified atom stereocenters. The second kappa shape index (κ2) is 3.51. The predicted octanol–water partition coefficient (Wildman–Crippen LogP) is 2.59. The summed E-state index contributed by atoms with van der Waals surface area (Å²) < 4.78 is 0. The molecule has 1 atom stereocenters. The van der Waals surface area contributed by atoms with Crippen LogP contribution in [0.2, 0.25) is 0 Å². The molecule has 0 bridgehead atoms. The van der Waals surface area contributed by atoms with Crippen molar-refractivity contribution < 1.29 is 0 Å². The third-order valence-electron chi connectivity index (χ3n) is 2.83. The van der Waals surface area contributed by atoms with Crippen molar-refractivity contribution in [3.63, 3.8) is 0 Å². The van der Waals surface area contributed by atoms with Crippen molar-refractivity contribution in [1.82, 2.24) is 5.32 Å². The maximum atomic E-state index is 3.52. The van der Waals surface area contributed by atoms with Crippen molar-refractivity contribution in [2.24, 2.45) is 0 Å². The van der Waals surface area contributed by atoms with Gasteiger partial charge in [-0.1, -0.05) is 30.7 Å². The average Bonchev–Trinajstić information content (AvgIpc) is 2.49. The second-order valence-corrected chi connectivity index (χ2v) is 3.85. The molecule has 0 fully saturated rings. The minimum absolute atomic E-state index is 0.612. The molecule has 0 radical (unpaired) electrons. The van der Waals surface area contributed by atoms with Crippen LogP contribution in [0.5, 0.6) is 0 Å². The van der Waals surface area contributed by atoms with E-state index in [1.54, 1.807) is 5.56 Å². The van der Waals surface area contributed by atoms with Gasteiger partial charge in [-0.25, -0.2) is 0 Å². The van der Waals surface area contributed by atoms with Gasteiger partial charge >= 0.3 is 0 Å². The smallest absolute Gasteiger partial charge is 0.0326 e. The van der Waals surface area contributed by atoms with E-state index in [0.29, 0.717) is 6.04 Å². The summed E-state index contributed by atoms with van der Waals surface area (Å²) in [5, 5.41) is 3.52. The SMILES string of the molecule is CCNC1CCc2cc(C)ccc21. The lowest BCUT2D eigenvalue weighted by molar-refractivity contribution is 0.549. The molecule has 1 nitrogen and oxygen atoms in total. The zero-order chi connectivity index (χ0) is 9.26. The van der Waals surface area contributed by atoms with Crippen molar-refractivity contribution in [1.29, 1.82) is 0 Å². The van der Waals surface area contributed by atoms with Gasteiger partial charge < -0.3 is 5.32 Å². The molecule has 1 N–H and O–H groups in total. The predicted molar refractivity (Wildman–Crippen MR) is 55.9 cm³/mol. The number of hydrogen-bond donors (Lipinski definition) is 1. The van der Waals surface area contributed by atoms with Crippen LogP contribution in [0.3, 0.4) is 0 Å². The average molecular weight is 175 g/mol. The Hall–Kier alpha value is -0.820. The van der Waals surface area contributed by atoms with Gasteiger partial charge in [-0.2, -0.15) is 0 Å². The number of rotatable bonds is 2. The number of nitrogens with one attached hydrogen (secondary N) is 1. The quantitative estimate of drug-likeness (QED) is 0.728. The van der Waals surface area contributed by atoms with Crippen LogP contribution in [0.15, 0.2) is 18.2 Å². The van der Waals surface area contributed by atoms with Gasteiger partial charge in [0, 0.05) is 6.04 Å². The molecule has 1 aliphatic rings. The topological polar surface area (TPSA) is 12.0 Å². The van der Waals surface area contributed by atoms with Gasteiger partial charge in [-0.3, -0.25) is 0 Å². The first-order valence-electron chi connectivity index (χ1n) is 5.14. The fourth-order valence-electron chi connectivity index (χ4n) is 2.20. The Balaban J connectivity index is 2.27. The Kier molecular flexibility index (Phi) is 2.36. The molecule has 1 aromatic carbocycles. The van der Waals surface area contributed by atoms with Crippen LogP contribution < -0.4 is 5.32 Å². The molecule has 0 spiro atoms. The molecule has 0 aliphatic heterocycles. The maximum Gasteiger partial charge on any atom is 0.0326 e. The van der Waals surface area contributed by atoms with Crippen molar-refractivity contribution >= 4 is 0 Å². The molecule has 13 heavy (non-hydrogen) atoms. The van der Waals surface area contributed by atoms with Crippen molar-refractivity contribution in [2.75, 3.05) is 6.54 Å². The second-order valence-electron chi connectivity index (χ2n) is 3.85. The van der Waals surface area contributed by atoms with Crippen molar-refractivity contribution in [3.05, 3.63) is 34.9 Å². The number of fused-ring (bicyclic) bond motifs is 1. The highest BCUT2D eigenvalue weighted by Crippen LogP contribution is 2.31. The van der Waals surface area contributed by atoms with E-state index in [1.165, 1.54) is 24.0 Å². The third kappa shape index (κ3) is 1.61. The molecule has 1 heteroatoms. The zero-order valence-electron chi connectivity index (χ0n) is 8.43. The molecule has 0 saturated carbocycles. The first kappa shape index (κ1) is 8.76. The molecule has 70 valence electrons. The number of aryl methyl sites for hydroxylation is 2. The van der Waals surface area contributed by atoms with Crippen LogP contribution in [0, 0.1) is 6.92 Å². The van der Waals surface area contributed by atoms with Crippen LogP contribution in [0.25, 0.3) is 0 Å². The highest BCUT2D eigenvalue weighted by Gasteiger charge is 2.20. The monoisotopic (exact) mass is 175 g/mol. The lowest BCUT2D eigenvalue weighted by Crippen LogP contribution is -2.18. The molecular formula is C12H17N.